The Labute approximate surface area is 233 Å². The Balaban J connectivity index is 1.78. The fourth-order valence-electron chi connectivity index (χ4n) is 3.75. The summed E-state index contributed by atoms with van der Waals surface area (Å²) in [6.45, 7) is 4.64. The summed E-state index contributed by atoms with van der Waals surface area (Å²) in [4.78, 5) is 30.8. The van der Waals surface area contributed by atoms with E-state index >= 15 is 0 Å². The fraction of sp³-hybridized carbons (Fsp3) is 0.250. The van der Waals surface area contributed by atoms with E-state index in [0.717, 1.165) is 4.68 Å². The summed E-state index contributed by atoms with van der Waals surface area (Å²) in [6, 6.07) is 9.18. The van der Waals surface area contributed by atoms with E-state index in [2.05, 4.69) is 52.2 Å². The Morgan fingerprint density at radius 1 is 1.20 bits per heavy atom. The van der Waals surface area contributed by atoms with Crippen molar-refractivity contribution in [1.29, 1.82) is 5.26 Å². The van der Waals surface area contributed by atoms with Gasteiger partial charge in [0.2, 0.25) is 0 Å². The number of aromatic nitrogens is 7. The van der Waals surface area contributed by atoms with Gasteiger partial charge in [0.1, 0.15) is 5.69 Å². The van der Waals surface area contributed by atoms with Crippen LogP contribution in [0.3, 0.4) is 0 Å². The molecule has 0 saturated carbocycles. The summed E-state index contributed by atoms with van der Waals surface area (Å²) in [5.74, 6) is -2.40. The number of nitriles is 1. The average molecular weight is 617 g/mol. The summed E-state index contributed by atoms with van der Waals surface area (Å²) in [7, 11) is 0. The third-order valence-corrected chi connectivity index (χ3v) is 6.02. The standard InChI is InChI=1S/C24H20BrF3N10O2/c1-12(2)31-21(39)16-8-14(10-29)7-13(3)19(16)32-22(40)18-9-15(11-37-23(24(26,27)28)33-35-36-37)34-38(18)20-17(25)5-4-6-30-20/h4-9,12H,11H2,1-3H3,(H,31,39)(H,32,40). The van der Waals surface area contributed by atoms with Crippen molar-refractivity contribution < 1.29 is 22.8 Å². The van der Waals surface area contributed by atoms with E-state index in [-0.39, 0.29) is 40.1 Å². The maximum Gasteiger partial charge on any atom is 0.453 e. The van der Waals surface area contributed by atoms with E-state index < -0.39 is 30.4 Å². The first-order chi connectivity index (χ1) is 18.9. The molecule has 0 fully saturated rings. The first-order valence-corrected chi connectivity index (χ1v) is 12.4. The molecule has 12 nitrogen and oxygen atoms in total. The number of hydrogen-bond donors (Lipinski definition) is 2. The lowest BCUT2D eigenvalue weighted by Gasteiger charge is -2.16. The number of tetrazole rings is 1. The Hall–Kier alpha value is -4.65. The molecule has 3 aromatic heterocycles. The van der Waals surface area contributed by atoms with E-state index in [0.29, 0.717) is 14.7 Å². The number of rotatable bonds is 7. The number of amides is 2. The highest BCUT2D eigenvalue weighted by Crippen LogP contribution is 2.28. The highest BCUT2D eigenvalue weighted by molar-refractivity contribution is 9.10. The SMILES string of the molecule is Cc1cc(C#N)cc(C(=O)NC(C)C)c1NC(=O)c1cc(Cn2nnnc2C(F)(F)F)nn1-c1ncccc1Br. The second-order valence-corrected chi connectivity index (χ2v) is 9.66. The van der Waals surface area contributed by atoms with Crippen molar-refractivity contribution in [3.05, 3.63) is 74.9 Å². The number of halogens is 4. The first-order valence-electron chi connectivity index (χ1n) is 11.6. The van der Waals surface area contributed by atoms with Gasteiger partial charge >= 0.3 is 6.18 Å². The maximum atomic E-state index is 13.6. The summed E-state index contributed by atoms with van der Waals surface area (Å²) < 4.78 is 42.0. The van der Waals surface area contributed by atoms with Crippen molar-refractivity contribution in [2.24, 2.45) is 0 Å². The molecule has 4 rings (SSSR count). The predicted molar refractivity (Wildman–Crippen MR) is 137 cm³/mol. The third-order valence-electron chi connectivity index (χ3n) is 5.40. The molecule has 2 N–H and O–H groups in total. The quantitative estimate of drug-likeness (QED) is 0.318. The molecule has 0 saturated heterocycles. The van der Waals surface area contributed by atoms with E-state index in [1.54, 1.807) is 32.9 Å². The molecule has 206 valence electrons. The largest absolute Gasteiger partial charge is 0.453 e. The zero-order valence-electron chi connectivity index (χ0n) is 21.2. The zero-order valence-corrected chi connectivity index (χ0v) is 22.7. The minimum Gasteiger partial charge on any atom is -0.350 e. The number of alkyl halides is 3. The molecule has 0 spiro atoms. The van der Waals surface area contributed by atoms with Crippen LogP contribution < -0.4 is 10.6 Å². The minimum atomic E-state index is -4.81. The van der Waals surface area contributed by atoms with Crippen LogP contribution >= 0.6 is 15.9 Å². The van der Waals surface area contributed by atoms with Gasteiger partial charge in [-0.2, -0.15) is 23.5 Å². The lowest BCUT2D eigenvalue weighted by atomic mass is 10.0. The Bertz CT molecular complexity index is 1640. The summed E-state index contributed by atoms with van der Waals surface area (Å²) in [6.07, 6.45) is -3.36. The van der Waals surface area contributed by atoms with Crippen molar-refractivity contribution in [1.82, 2.24) is 40.3 Å². The van der Waals surface area contributed by atoms with Gasteiger partial charge in [-0.15, -0.1) is 5.10 Å². The van der Waals surface area contributed by atoms with Gasteiger partial charge < -0.3 is 10.6 Å². The molecule has 0 bridgehead atoms. The Kier molecular flexibility index (Phi) is 7.96. The molecule has 0 aliphatic rings. The number of carbonyl (C=O) groups is 2. The van der Waals surface area contributed by atoms with Crippen molar-refractivity contribution in [3.8, 4) is 11.9 Å². The third kappa shape index (κ3) is 5.99. The number of nitrogens with one attached hydrogen (secondary N) is 2. The molecule has 2 amide bonds. The fourth-order valence-corrected chi connectivity index (χ4v) is 4.17. The number of pyridine rings is 1. The van der Waals surface area contributed by atoms with Crippen molar-refractivity contribution in [2.45, 2.75) is 39.5 Å². The number of nitrogens with zero attached hydrogens (tertiary/aromatic N) is 8. The van der Waals surface area contributed by atoms with Crippen LogP contribution in [0.5, 0.6) is 0 Å². The van der Waals surface area contributed by atoms with Gasteiger partial charge in [-0.1, -0.05) is 0 Å². The van der Waals surface area contributed by atoms with Crippen LogP contribution in [-0.4, -0.2) is 52.8 Å². The van der Waals surface area contributed by atoms with Crippen LogP contribution in [0.4, 0.5) is 18.9 Å². The number of anilines is 1. The first kappa shape index (κ1) is 28.4. The molecule has 1 aromatic carbocycles. The molecule has 0 aliphatic heterocycles. The summed E-state index contributed by atoms with van der Waals surface area (Å²) in [5.41, 5.74) is 0.791. The highest BCUT2D eigenvalue weighted by Gasteiger charge is 2.38. The van der Waals surface area contributed by atoms with Crippen molar-refractivity contribution in [3.63, 3.8) is 0 Å². The predicted octanol–water partition coefficient (Wildman–Crippen LogP) is 3.65. The number of aryl methyl sites for hydroxylation is 1. The zero-order chi connectivity index (χ0) is 29.2. The minimum absolute atomic E-state index is 0.0230. The van der Waals surface area contributed by atoms with E-state index in [4.69, 9.17) is 0 Å². The summed E-state index contributed by atoms with van der Waals surface area (Å²) >= 11 is 3.35. The molecule has 4 aromatic rings. The Morgan fingerprint density at radius 2 is 1.95 bits per heavy atom. The van der Waals surface area contributed by atoms with Gasteiger partial charge in [0.15, 0.2) is 5.82 Å². The van der Waals surface area contributed by atoms with Crippen LogP contribution in [0.25, 0.3) is 5.82 Å². The molecular weight excluding hydrogens is 597 g/mol. The topological polar surface area (TPSA) is 156 Å². The smallest absolute Gasteiger partial charge is 0.350 e. The van der Waals surface area contributed by atoms with E-state index in [1.807, 2.05) is 6.07 Å². The highest BCUT2D eigenvalue weighted by atomic mass is 79.9. The van der Waals surface area contributed by atoms with Crippen LogP contribution in [0, 0.1) is 18.3 Å². The van der Waals surface area contributed by atoms with Crippen molar-refractivity contribution in [2.75, 3.05) is 5.32 Å². The molecule has 0 radical (unpaired) electrons. The lowest BCUT2D eigenvalue weighted by molar-refractivity contribution is -0.147. The van der Waals surface area contributed by atoms with Gasteiger partial charge in [-0.05, 0) is 83.0 Å². The van der Waals surface area contributed by atoms with Gasteiger partial charge in [0, 0.05) is 12.2 Å². The Morgan fingerprint density at radius 3 is 2.60 bits per heavy atom. The molecule has 0 unspecified atom stereocenters. The molecular formula is C24H20BrF3N10O2. The van der Waals surface area contributed by atoms with Gasteiger partial charge in [0.25, 0.3) is 17.6 Å². The second kappa shape index (κ2) is 11.2. The summed E-state index contributed by atoms with van der Waals surface area (Å²) in [5, 5.41) is 28.6. The maximum absolute atomic E-state index is 13.6. The van der Waals surface area contributed by atoms with Crippen LogP contribution in [0.15, 0.2) is 41.0 Å². The molecule has 3 heterocycles. The monoisotopic (exact) mass is 616 g/mol. The van der Waals surface area contributed by atoms with Gasteiger partial charge in [-0.25, -0.2) is 14.3 Å². The number of carbonyl (C=O) groups excluding carboxylic acids is 2. The molecule has 40 heavy (non-hydrogen) atoms. The van der Waals surface area contributed by atoms with Crippen LogP contribution in [0.1, 0.15) is 57.3 Å². The van der Waals surface area contributed by atoms with Crippen molar-refractivity contribution >= 4 is 33.4 Å². The van der Waals surface area contributed by atoms with Crippen LogP contribution in [0.2, 0.25) is 0 Å². The second-order valence-electron chi connectivity index (χ2n) is 8.81. The molecule has 0 atom stereocenters. The van der Waals surface area contributed by atoms with E-state index in [1.165, 1.54) is 24.4 Å². The number of hydrogen-bond acceptors (Lipinski definition) is 8. The van der Waals surface area contributed by atoms with Gasteiger partial charge in [-0.3, -0.25) is 9.59 Å². The molecule has 0 aliphatic carbocycles. The lowest BCUT2D eigenvalue weighted by Crippen LogP contribution is -2.31. The van der Waals surface area contributed by atoms with Gasteiger partial charge in [0.05, 0.1) is 39.6 Å². The molecule has 16 heteroatoms. The number of benzene rings is 1. The van der Waals surface area contributed by atoms with Crippen LogP contribution in [-0.2, 0) is 12.7 Å². The normalized spacial score (nSPS) is 11.4. The average Bonchev–Trinajstić information content (AvgIpc) is 3.52. The van der Waals surface area contributed by atoms with E-state index in [9.17, 15) is 28.0 Å².